The number of rotatable bonds is 6. The van der Waals surface area contributed by atoms with Crippen molar-refractivity contribution in [1.29, 1.82) is 0 Å². The van der Waals surface area contributed by atoms with Gasteiger partial charge in [0, 0.05) is 11.8 Å². The quantitative estimate of drug-likeness (QED) is 0.873. The van der Waals surface area contributed by atoms with Gasteiger partial charge in [-0.3, -0.25) is 4.79 Å². The van der Waals surface area contributed by atoms with Crippen LogP contribution in [-0.2, 0) is 4.79 Å². The molecule has 23 heavy (non-hydrogen) atoms. The van der Waals surface area contributed by atoms with E-state index in [-0.39, 0.29) is 5.91 Å². The highest BCUT2D eigenvalue weighted by atomic mass is 16.5. The first-order chi connectivity index (χ1) is 11.0. The lowest BCUT2D eigenvalue weighted by Crippen LogP contribution is -2.32. The molecule has 0 saturated carbocycles. The van der Waals surface area contributed by atoms with E-state index in [1.807, 2.05) is 57.2 Å². The second kappa shape index (κ2) is 7.68. The summed E-state index contributed by atoms with van der Waals surface area (Å²) in [4.78, 5) is 12.5. The number of aryl methyl sites for hydroxylation is 1. The molecule has 2 rings (SSSR count). The van der Waals surface area contributed by atoms with Gasteiger partial charge >= 0.3 is 0 Å². The van der Waals surface area contributed by atoms with E-state index in [9.17, 15) is 4.79 Å². The maximum absolute atomic E-state index is 12.5. The predicted octanol–water partition coefficient (Wildman–Crippen LogP) is 4.11. The standard InChI is InChI=1S/C19H23NO3/c1-5-17(23-18-11-6-8-13(2)14(18)3)19(21)20-15-9-7-10-16(12-15)22-4/h6-12,17H,5H2,1-4H3,(H,20,21)/t17-/m0/s1. The molecule has 0 radical (unpaired) electrons. The zero-order valence-electron chi connectivity index (χ0n) is 14.1. The van der Waals surface area contributed by atoms with E-state index in [0.29, 0.717) is 17.9 Å². The van der Waals surface area contributed by atoms with Crippen molar-refractivity contribution < 1.29 is 14.3 Å². The van der Waals surface area contributed by atoms with Gasteiger partial charge < -0.3 is 14.8 Å². The molecule has 4 heteroatoms. The van der Waals surface area contributed by atoms with Crippen LogP contribution < -0.4 is 14.8 Å². The predicted molar refractivity (Wildman–Crippen MR) is 92.2 cm³/mol. The fourth-order valence-electron chi connectivity index (χ4n) is 2.25. The van der Waals surface area contributed by atoms with Gasteiger partial charge in [0.1, 0.15) is 11.5 Å². The molecule has 1 atom stereocenters. The molecule has 0 fully saturated rings. The Labute approximate surface area is 137 Å². The molecule has 1 amide bonds. The maximum atomic E-state index is 12.5. The van der Waals surface area contributed by atoms with Crippen molar-refractivity contribution in [3.05, 3.63) is 53.6 Å². The van der Waals surface area contributed by atoms with Crippen molar-refractivity contribution in [2.45, 2.75) is 33.3 Å². The Bertz CT molecular complexity index is 682. The Balaban J connectivity index is 2.10. The van der Waals surface area contributed by atoms with Crippen molar-refractivity contribution >= 4 is 11.6 Å². The molecule has 0 aromatic heterocycles. The Hall–Kier alpha value is -2.49. The number of ether oxygens (including phenoxy) is 2. The molecular formula is C19H23NO3. The second-order valence-corrected chi connectivity index (χ2v) is 5.43. The first-order valence-electron chi connectivity index (χ1n) is 7.73. The van der Waals surface area contributed by atoms with Crippen LogP contribution in [0.2, 0.25) is 0 Å². The van der Waals surface area contributed by atoms with Crippen LogP contribution in [0.25, 0.3) is 0 Å². The number of methoxy groups -OCH3 is 1. The van der Waals surface area contributed by atoms with E-state index in [1.165, 1.54) is 0 Å². The molecule has 1 N–H and O–H groups in total. The summed E-state index contributed by atoms with van der Waals surface area (Å²) in [6, 6.07) is 13.1. The lowest BCUT2D eigenvalue weighted by molar-refractivity contribution is -0.122. The molecule has 0 bridgehead atoms. The maximum Gasteiger partial charge on any atom is 0.265 e. The van der Waals surface area contributed by atoms with Crippen LogP contribution in [-0.4, -0.2) is 19.1 Å². The van der Waals surface area contributed by atoms with E-state index in [1.54, 1.807) is 13.2 Å². The van der Waals surface area contributed by atoms with Crippen molar-refractivity contribution in [3.8, 4) is 11.5 Å². The minimum atomic E-state index is -0.540. The van der Waals surface area contributed by atoms with E-state index in [4.69, 9.17) is 9.47 Å². The Kier molecular flexibility index (Phi) is 5.63. The molecule has 2 aromatic rings. The van der Waals surface area contributed by atoms with Gasteiger partial charge in [-0.2, -0.15) is 0 Å². The minimum Gasteiger partial charge on any atom is -0.497 e. The van der Waals surface area contributed by atoms with E-state index < -0.39 is 6.10 Å². The highest BCUT2D eigenvalue weighted by Crippen LogP contribution is 2.23. The number of amides is 1. The summed E-state index contributed by atoms with van der Waals surface area (Å²) in [5.74, 6) is 1.28. The molecule has 0 saturated heterocycles. The molecule has 0 aliphatic rings. The molecule has 0 spiro atoms. The van der Waals surface area contributed by atoms with E-state index in [2.05, 4.69) is 5.32 Å². The number of nitrogens with one attached hydrogen (secondary N) is 1. The number of benzene rings is 2. The molecule has 122 valence electrons. The normalized spacial score (nSPS) is 11.7. The minimum absolute atomic E-state index is 0.165. The van der Waals surface area contributed by atoms with Crippen LogP contribution in [0.5, 0.6) is 11.5 Å². The number of carbonyl (C=O) groups is 1. The van der Waals surface area contributed by atoms with Gasteiger partial charge in [-0.25, -0.2) is 0 Å². The van der Waals surface area contributed by atoms with Crippen LogP contribution in [0.3, 0.4) is 0 Å². The van der Waals surface area contributed by atoms with Crippen molar-refractivity contribution in [2.75, 3.05) is 12.4 Å². The largest absolute Gasteiger partial charge is 0.497 e. The fraction of sp³-hybridized carbons (Fsp3) is 0.316. The lowest BCUT2D eigenvalue weighted by Gasteiger charge is -2.19. The van der Waals surface area contributed by atoms with Gasteiger partial charge in [-0.1, -0.05) is 25.1 Å². The summed E-state index contributed by atoms with van der Waals surface area (Å²) >= 11 is 0. The molecule has 2 aromatic carbocycles. The summed E-state index contributed by atoms with van der Waals surface area (Å²) < 4.78 is 11.1. The number of hydrogen-bond acceptors (Lipinski definition) is 3. The van der Waals surface area contributed by atoms with Crippen LogP contribution in [0.15, 0.2) is 42.5 Å². The molecule has 0 unspecified atom stereocenters. The van der Waals surface area contributed by atoms with Gasteiger partial charge in [0.2, 0.25) is 0 Å². The fourth-order valence-corrected chi connectivity index (χ4v) is 2.25. The Morgan fingerprint density at radius 3 is 2.61 bits per heavy atom. The Morgan fingerprint density at radius 1 is 1.17 bits per heavy atom. The molecular weight excluding hydrogens is 290 g/mol. The summed E-state index contributed by atoms with van der Waals surface area (Å²) in [7, 11) is 1.60. The average molecular weight is 313 g/mol. The van der Waals surface area contributed by atoms with Crippen LogP contribution in [0, 0.1) is 13.8 Å². The summed E-state index contributed by atoms with van der Waals surface area (Å²) in [5.41, 5.74) is 2.89. The van der Waals surface area contributed by atoms with Crippen molar-refractivity contribution in [1.82, 2.24) is 0 Å². The summed E-state index contributed by atoms with van der Waals surface area (Å²) in [6.07, 6.45) is 0.0464. The number of anilines is 1. The van der Waals surface area contributed by atoms with Gasteiger partial charge in [-0.15, -0.1) is 0 Å². The van der Waals surface area contributed by atoms with E-state index in [0.717, 1.165) is 16.9 Å². The smallest absolute Gasteiger partial charge is 0.265 e. The molecule has 4 nitrogen and oxygen atoms in total. The number of carbonyl (C=O) groups excluding carboxylic acids is 1. The van der Waals surface area contributed by atoms with Gasteiger partial charge in [0.05, 0.1) is 7.11 Å². The van der Waals surface area contributed by atoms with Crippen LogP contribution in [0.1, 0.15) is 24.5 Å². The first kappa shape index (κ1) is 16.9. The lowest BCUT2D eigenvalue weighted by atomic mass is 10.1. The molecule has 0 heterocycles. The zero-order chi connectivity index (χ0) is 16.8. The Morgan fingerprint density at radius 2 is 1.91 bits per heavy atom. The first-order valence-corrected chi connectivity index (χ1v) is 7.73. The molecule has 0 aliphatic heterocycles. The van der Waals surface area contributed by atoms with E-state index >= 15 is 0 Å². The van der Waals surface area contributed by atoms with Crippen LogP contribution in [0.4, 0.5) is 5.69 Å². The third kappa shape index (κ3) is 4.25. The third-order valence-corrected chi connectivity index (χ3v) is 3.82. The van der Waals surface area contributed by atoms with Crippen molar-refractivity contribution in [2.24, 2.45) is 0 Å². The average Bonchev–Trinajstić information content (AvgIpc) is 2.56. The van der Waals surface area contributed by atoms with Gasteiger partial charge in [0.25, 0.3) is 5.91 Å². The second-order valence-electron chi connectivity index (χ2n) is 5.43. The molecule has 0 aliphatic carbocycles. The summed E-state index contributed by atoms with van der Waals surface area (Å²) in [6.45, 7) is 5.96. The highest BCUT2D eigenvalue weighted by molar-refractivity contribution is 5.94. The third-order valence-electron chi connectivity index (χ3n) is 3.82. The SMILES string of the molecule is CC[C@H](Oc1cccc(C)c1C)C(=O)Nc1cccc(OC)c1. The topological polar surface area (TPSA) is 47.6 Å². The zero-order valence-corrected chi connectivity index (χ0v) is 14.1. The highest BCUT2D eigenvalue weighted by Gasteiger charge is 2.19. The van der Waals surface area contributed by atoms with Gasteiger partial charge in [-0.05, 0) is 49.6 Å². The van der Waals surface area contributed by atoms with Crippen LogP contribution >= 0.6 is 0 Å². The van der Waals surface area contributed by atoms with Crippen molar-refractivity contribution in [3.63, 3.8) is 0 Å². The number of hydrogen-bond donors (Lipinski definition) is 1. The van der Waals surface area contributed by atoms with Gasteiger partial charge in [0.15, 0.2) is 6.10 Å². The monoisotopic (exact) mass is 313 g/mol. The summed E-state index contributed by atoms with van der Waals surface area (Å²) in [5, 5.41) is 2.88.